The number of fused-ring (bicyclic) bond motifs is 1. The molecule has 0 bridgehead atoms. The van der Waals surface area contributed by atoms with Gasteiger partial charge in [0, 0.05) is 17.8 Å². The van der Waals surface area contributed by atoms with E-state index in [1.54, 1.807) is 6.92 Å². The monoisotopic (exact) mass is 394 g/mol. The average Bonchev–Trinajstić information content (AvgIpc) is 2.98. The van der Waals surface area contributed by atoms with E-state index in [1.165, 1.54) is 24.3 Å². The van der Waals surface area contributed by atoms with Gasteiger partial charge < -0.3 is 10.5 Å². The molecule has 1 aliphatic rings. The minimum Gasteiger partial charge on any atom is -0.490 e. The lowest BCUT2D eigenvalue weighted by Gasteiger charge is -2.10. The van der Waals surface area contributed by atoms with Gasteiger partial charge in [0.05, 0.1) is 12.2 Å². The summed E-state index contributed by atoms with van der Waals surface area (Å²) in [6.45, 7) is 2.06. The maximum atomic E-state index is 12.3. The Morgan fingerprint density at radius 1 is 1.35 bits per heavy atom. The van der Waals surface area contributed by atoms with Gasteiger partial charge in [0.2, 0.25) is 25.7 Å². The summed E-state index contributed by atoms with van der Waals surface area (Å²) in [4.78, 5) is 27.9. The Kier molecular flexibility index (Phi) is 4.50. The number of anilines is 1. The molecule has 26 heavy (non-hydrogen) atoms. The molecule has 11 heteroatoms. The van der Waals surface area contributed by atoms with Gasteiger partial charge in [-0.25, -0.2) is 12.8 Å². The lowest BCUT2D eigenvalue weighted by molar-refractivity contribution is -0.114. The van der Waals surface area contributed by atoms with Crippen LogP contribution in [0.2, 0.25) is 0 Å². The van der Waals surface area contributed by atoms with Crippen molar-refractivity contribution >= 4 is 44.0 Å². The number of carbonyl (C=O) groups excluding carboxylic acids is 1. The molecule has 2 aromatic heterocycles. The first kappa shape index (κ1) is 18.0. The highest BCUT2D eigenvalue weighted by molar-refractivity contribution is 7.90. The van der Waals surface area contributed by atoms with Crippen molar-refractivity contribution in [2.24, 2.45) is 0 Å². The fourth-order valence-electron chi connectivity index (χ4n) is 2.32. The molecule has 0 spiro atoms. The molecule has 0 radical (unpaired) electrons. The van der Waals surface area contributed by atoms with Crippen LogP contribution in [0.3, 0.4) is 0 Å². The summed E-state index contributed by atoms with van der Waals surface area (Å²) in [5, 5.41) is -0.290. The zero-order valence-electron chi connectivity index (χ0n) is 13.8. The van der Waals surface area contributed by atoms with E-state index in [-0.39, 0.29) is 33.0 Å². The average molecular weight is 394 g/mol. The Labute approximate surface area is 152 Å². The van der Waals surface area contributed by atoms with Gasteiger partial charge in [0.1, 0.15) is 5.82 Å². The van der Waals surface area contributed by atoms with Crippen LogP contribution in [-0.2, 0) is 19.4 Å². The summed E-state index contributed by atoms with van der Waals surface area (Å²) in [6, 6.07) is 0. The van der Waals surface area contributed by atoms with E-state index in [2.05, 4.69) is 9.36 Å². The maximum Gasteiger partial charge on any atom is 0.283 e. The first-order valence-corrected chi connectivity index (χ1v) is 10.1. The number of nitrogens with two attached hydrogens (primary N) is 1. The summed E-state index contributed by atoms with van der Waals surface area (Å²) < 4.78 is 33.9. The minimum atomic E-state index is -3.67. The topological polar surface area (TPSA) is 134 Å². The zero-order valence-corrected chi connectivity index (χ0v) is 15.4. The standard InChI is InChI=1S/C15H14N4O5S2/c1-3-24-11-7-8(4-5-10(11)20)6-9-12(16)19-14(17-13(9)21)25-18-15(19)26(2,22)23/h4-7H,3,16H2,1-2H3/b8-6-. The van der Waals surface area contributed by atoms with Gasteiger partial charge in [-0.3, -0.25) is 9.59 Å². The van der Waals surface area contributed by atoms with E-state index in [1.807, 2.05) is 0 Å². The number of hydrogen-bond acceptors (Lipinski definition) is 9. The molecule has 0 amide bonds. The third-order valence-corrected chi connectivity index (χ3v) is 5.20. The Morgan fingerprint density at radius 3 is 2.73 bits per heavy atom. The molecular weight excluding hydrogens is 380 g/mol. The van der Waals surface area contributed by atoms with Crippen LogP contribution in [0.1, 0.15) is 12.5 Å². The first-order chi connectivity index (χ1) is 12.2. The van der Waals surface area contributed by atoms with E-state index < -0.39 is 15.4 Å². The van der Waals surface area contributed by atoms with Crippen LogP contribution < -0.4 is 11.3 Å². The quantitative estimate of drug-likeness (QED) is 0.796. The Balaban J connectivity index is 2.22. The van der Waals surface area contributed by atoms with Gasteiger partial charge in [0.15, 0.2) is 5.76 Å². The van der Waals surface area contributed by atoms with Gasteiger partial charge in [-0.1, -0.05) is 6.08 Å². The van der Waals surface area contributed by atoms with Crippen molar-refractivity contribution in [1.82, 2.24) is 13.8 Å². The van der Waals surface area contributed by atoms with Crippen LogP contribution in [0.15, 0.2) is 39.5 Å². The van der Waals surface area contributed by atoms with Gasteiger partial charge in [-0.2, -0.15) is 9.36 Å². The maximum absolute atomic E-state index is 12.3. The Hall–Kier alpha value is -2.79. The van der Waals surface area contributed by atoms with E-state index in [4.69, 9.17) is 10.5 Å². The number of nitrogen functional groups attached to an aromatic ring is 1. The smallest absolute Gasteiger partial charge is 0.283 e. The van der Waals surface area contributed by atoms with Gasteiger partial charge >= 0.3 is 0 Å². The van der Waals surface area contributed by atoms with Crippen molar-refractivity contribution in [3.63, 3.8) is 0 Å². The summed E-state index contributed by atoms with van der Waals surface area (Å²) >= 11 is 0.763. The summed E-state index contributed by atoms with van der Waals surface area (Å²) in [6.07, 6.45) is 6.70. The van der Waals surface area contributed by atoms with Crippen LogP contribution in [0, 0.1) is 0 Å². The molecule has 9 nitrogen and oxygen atoms in total. The number of allylic oxidation sites excluding steroid dienone is 4. The number of ether oxygens (including phenoxy) is 1. The van der Waals surface area contributed by atoms with Crippen LogP contribution in [0.5, 0.6) is 0 Å². The predicted molar refractivity (Wildman–Crippen MR) is 96.5 cm³/mol. The molecule has 2 N–H and O–H groups in total. The van der Waals surface area contributed by atoms with Crippen molar-refractivity contribution < 1.29 is 17.9 Å². The lowest BCUT2D eigenvalue weighted by atomic mass is 10.0. The third kappa shape index (κ3) is 3.18. The second-order valence-electron chi connectivity index (χ2n) is 5.35. The summed E-state index contributed by atoms with van der Waals surface area (Å²) in [7, 11) is -3.67. The fourth-order valence-corrected chi connectivity index (χ4v) is 4.17. The predicted octanol–water partition coefficient (Wildman–Crippen LogP) is 0.579. The summed E-state index contributed by atoms with van der Waals surface area (Å²) in [5.41, 5.74) is 5.89. The van der Waals surface area contributed by atoms with Gasteiger partial charge in [0.25, 0.3) is 5.56 Å². The number of carbonyl (C=O) groups is 1. The molecule has 2 heterocycles. The van der Waals surface area contributed by atoms with Crippen LogP contribution in [0.25, 0.3) is 11.0 Å². The second kappa shape index (κ2) is 6.50. The van der Waals surface area contributed by atoms with Crippen LogP contribution in [-0.4, -0.2) is 40.8 Å². The third-order valence-electron chi connectivity index (χ3n) is 3.44. The largest absolute Gasteiger partial charge is 0.490 e. The number of aromatic nitrogens is 3. The number of nitrogens with zero attached hydrogens (tertiary/aromatic N) is 3. The highest BCUT2D eigenvalue weighted by atomic mass is 32.2. The van der Waals surface area contributed by atoms with E-state index in [9.17, 15) is 18.0 Å². The molecule has 0 fully saturated rings. The number of hydrogen-bond donors (Lipinski definition) is 1. The van der Waals surface area contributed by atoms with Crippen molar-refractivity contribution in [3.8, 4) is 0 Å². The molecule has 0 aliphatic heterocycles. The molecule has 0 unspecified atom stereocenters. The molecule has 0 atom stereocenters. The van der Waals surface area contributed by atoms with E-state index in [0.29, 0.717) is 12.2 Å². The Bertz CT molecular complexity index is 1170. The molecule has 0 aromatic carbocycles. The van der Waals surface area contributed by atoms with E-state index >= 15 is 0 Å². The normalized spacial score (nSPS) is 16.3. The van der Waals surface area contributed by atoms with Gasteiger partial charge in [-0.05, 0) is 30.7 Å². The SMILES string of the molecule is CCOC1=C/C(=C\c2c(N)n3c(S(C)(=O)=O)nsc3nc2=O)C=CC1=O. The first-order valence-electron chi connectivity index (χ1n) is 7.39. The molecular formula is C15H14N4O5S2. The molecule has 0 saturated carbocycles. The number of sulfone groups is 1. The van der Waals surface area contributed by atoms with Crippen LogP contribution in [0.4, 0.5) is 5.82 Å². The fraction of sp³-hybridized carbons (Fsp3) is 0.200. The molecule has 2 aromatic rings. The summed E-state index contributed by atoms with van der Waals surface area (Å²) in [5.74, 6) is -0.245. The zero-order chi connectivity index (χ0) is 19.1. The number of rotatable bonds is 4. The molecule has 3 rings (SSSR count). The van der Waals surface area contributed by atoms with Crippen molar-refractivity contribution in [1.29, 1.82) is 0 Å². The molecule has 136 valence electrons. The molecule has 1 aliphatic carbocycles. The van der Waals surface area contributed by atoms with Crippen LogP contribution >= 0.6 is 11.5 Å². The number of ketones is 1. The second-order valence-corrected chi connectivity index (χ2v) is 7.99. The van der Waals surface area contributed by atoms with Crippen molar-refractivity contribution in [2.45, 2.75) is 12.1 Å². The highest BCUT2D eigenvalue weighted by Crippen LogP contribution is 2.22. The van der Waals surface area contributed by atoms with E-state index in [0.717, 1.165) is 22.2 Å². The van der Waals surface area contributed by atoms with Gasteiger partial charge in [-0.15, -0.1) is 0 Å². The van der Waals surface area contributed by atoms with Crippen molar-refractivity contribution in [3.05, 3.63) is 45.5 Å². The lowest BCUT2D eigenvalue weighted by Crippen LogP contribution is -2.18. The highest BCUT2D eigenvalue weighted by Gasteiger charge is 2.21. The van der Waals surface area contributed by atoms with Crippen molar-refractivity contribution in [2.75, 3.05) is 18.6 Å². The Morgan fingerprint density at radius 2 is 2.08 bits per heavy atom. The minimum absolute atomic E-state index is 0.00584. The molecule has 0 saturated heterocycles.